The summed E-state index contributed by atoms with van der Waals surface area (Å²) in [4.78, 5) is 2.32. The van der Waals surface area contributed by atoms with Gasteiger partial charge in [-0.3, -0.25) is 0 Å². The molecule has 3 nitrogen and oxygen atoms in total. The predicted octanol–water partition coefficient (Wildman–Crippen LogP) is 5.65. The summed E-state index contributed by atoms with van der Waals surface area (Å²) in [6.07, 6.45) is 0. The molecule has 0 aliphatic carbocycles. The lowest BCUT2D eigenvalue weighted by Crippen LogP contribution is -2.29. The second kappa shape index (κ2) is 10.1. The van der Waals surface area contributed by atoms with Gasteiger partial charge in [-0.15, -0.1) is 0 Å². The molecule has 1 unspecified atom stereocenters. The van der Waals surface area contributed by atoms with Crippen molar-refractivity contribution in [2.24, 2.45) is 0 Å². The fourth-order valence-electron chi connectivity index (χ4n) is 3.61. The van der Waals surface area contributed by atoms with Crippen molar-refractivity contribution in [1.29, 1.82) is 0 Å². The van der Waals surface area contributed by atoms with Gasteiger partial charge in [-0.1, -0.05) is 79.5 Å². The Morgan fingerprint density at radius 2 is 1.27 bits per heavy atom. The van der Waals surface area contributed by atoms with Crippen LogP contribution in [0.1, 0.15) is 36.1 Å². The Morgan fingerprint density at radius 1 is 0.800 bits per heavy atom. The topological polar surface area (TPSA) is 32.7 Å². The van der Waals surface area contributed by atoms with Crippen molar-refractivity contribution in [1.82, 2.24) is 4.90 Å². The number of halogens is 1. The molecule has 0 saturated carbocycles. The third-order valence-electron chi connectivity index (χ3n) is 5.57. The van der Waals surface area contributed by atoms with E-state index in [2.05, 4.69) is 18.7 Å². The van der Waals surface area contributed by atoms with Crippen molar-refractivity contribution < 1.29 is 9.84 Å². The molecule has 0 amide bonds. The predicted molar refractivity (Wildman–Crippen MR) is 124 cm³/mol. The minimum atomic E-state index is -1.28. The van der Waals surface area contributed by atoms with E-state index in [1.165, 1.54) is 0 Å². The monoisotopic (exact) mass is 423 g/mol. The summed E-state index contributed by atoms with van der Waals surface area (Å²) < 4.78 is 5.91. The van der Waals surface area contributed by atoms with Gasteiger partial charge in [-0.2, -0.15) is 0 Å². The van der Waals surface area contributed by atoms with Gasteiger partial charge in [0.15, 0.2) is 0 Å². The highest BCUT2D eigenvalue weighted by molar-refractivity contribution is 6.30. The van der Waals surface area contributed by atoms with Crippen LogP contribution in [0.5, 0.6) is 5.75 Å². The molecule has 158 valence electrons. The molecule has 0 bridgehead atoms. The summed E-state index contributed by atoms with van der Waals surface area (Å²) in [7, 11) is 0. The lowest BCUT2D eigenvalue weighted by Gasteiger charge is -2.30. The Labute approximate surface area is 184 Å². The van der Waals surface area contributed by atoms with Gasteiger partial charge < -0.3 is 14.7 Å². The first kappa shape index (κ1) is 22.4. The van der Waals surface area contributed by atoms with Crippen LogP contribution in [0.15, 0.2) is 72.8 Å². The molecule has 0 radical (unpaired) electrons. The highest BCUT2D eigenvalue weighted by Gasteiger charge is 2.33. The first-order valence-electron chi connectivity index (χ1n) is 10.5. The molecule has 1 atom stereocenters. The van der Waals surface area contributed by atoms with E-state index >= 15 is 0 Å². The SMILES string of the molecule is CCN(CC)CCOc1ccc(C(O)(c2ccc(C)cc2)c2ccc(Cl)cc2)cc1. The molecule has 3 aromatic rings. The molecule has 0 aromatic heterocycles. The number of benzene rings is 3. The van der Waals surface area contributed by atoms with Gasteiger partial charge in [-0.05, 0) is 61.0 Å². The van der Waals surface area contributed by atoms with Crippen molar-refractivity contribution in [2.75, 3.05) is 26.2 Å². The molecule has 3 aromatic carbocycles. The van der Waals surface area contributed by atoms with Crippen LogP contribution in [0.3, 0.4) is 0 Å². The smallest absolute Gasteiger partial charge is 0.140 e. The molecule has 30 heavy (non-hydrogen) atoms. The number of ether oxygens (including phenoxy) is 1. The van der Waals surface area contributed by atoms with Crippen LogP contribution in [-0.4, -0.2) is 36.2 Å². The zero-order valence-corrected chi connectivity index (χ0v) is 18.7. The van der Waals surface area contributed by atoms with E-state index < -0.39 is 5.60 Å². The molecule has 0 aliphatic heterocycles. The van der Waals surface area contributed by atoms with E-state index in [9.17, 15) is 5.11 Å². The van der Waals surface area contributed by atoms with E-state index in [1.54, 1.807) is 12.1 Å². The molecule has 0 saturated heterocycles. The van der Waals surface area contributed by atoms with Gasteiger partial charge in [0.2, 0.25) is 0 Å². The van der Waals surface area contributed by atoms with Crippen LogP contribution in [0.2, 0.25) is 5.02 Å². The second-order valence-corrected chi connectivity index (χ2v) is 7.92. The third-order valence-corrected chi connectivity index (χ3v) is 5.83. The second-order valence-electron chi connectivity index (χ2n) is 7.48. The lowest BCUT2D eigenvalue weighted by atomic mass is 9.80. The Morgan fingerprint density at radius 3 is 1.77 bits per heavy atom. The molecular formula is C26H30ClNO2. The maximum absolute atomic E-state index is 11.9. The summed E-state index contributed by atoms with van der Waals surface area (Å²) >= 11 is 6.09. The van der Waals surface area contributed by atoms with Gasteiger partial charge in [0, 0.05) is 11.6 Å². The third kappa shape index (κ3) is 5.04. The molecular weight excluding hydrogens is 394 g/mol. The number of rotatable bonds is 9. The van der Waals surface area contributed by atoms with Crippen LogP contribution in [0, 0.1) is 6.92 Å². The van der Waals surface area contributed by atoms with Crippen LogP contribution in [0.4, 0.5) is 0 Å². The Bertz CT molecular complexity index is 871. The number of aliphatic hydroxyl groups is 1. The van der Waals surface area contributed by atoms with Crippen LogP contribution >= 0.6 is 11.6 Å². The van der Waals surface area contributed by atoms with Crippen LogP contribution in [0.25, 0.3) is 0 Å². The molecule has 1 N–H and O–H groups in total. The molecule has 3 rings (SSSR count). The van der Waals surface area contributed by atoms with Crippen LogP contribution < -0.4 is 4.74 Å². The zero-order chi connectivity index (χ0) is 21.6. The largest absolute Gasteiger partial charge is 0.492 e. The fraction of sp³-hybridized carbons (Fsp3) is 0.308. The van der Waals surface area contributed by atoms with Gasteiger partial charge in [0.05, 0.1) is 0 Å². The molecule has 0 heterocycles. The van der Waals surface area contributed by atoms with E-state index in [1.807, 2.05) is 67.6 Å². The average Bonchev–Trinajstić information content (AvgIpc) is 2.77. The van der Waals surface area contributed by atoms with Gasteiger partial charge in [0.25, 0.3) is 0 Å². The standard InChI is InChI=1S/C26H30ClNO2/c1-4-28(5-2)18-19-30-25-16-12-23(13-17-25)26(29,21-8-6-20(3)7-9-21)22-10-14-24(27)15-11-22/h6-17,29H,4-5,18-19H2,1-3H3. The first-order chi connectivity index (χ1) is 14.5. The summed E-state index contributed by atoms with van der Waals surface area (Å²) in [5.74, 6) is 0.799. The van der Waals surface area contributed by atoms with E-state index in [4.69, 9.17) is 16.3 Å². The number of nitrogens with zero attached hydrogens (tertiary/aromatic N) is 1. The Balaban J connectivity index is 1.88. The summed E-state index contributed by atoms with van der Waals surface area (Å²) in [5, 5.41) is 12.6. The Hall–Kier alpha value is -2.33. The van der Waals surface area contributed by atoms with Crippen LogP contribution in [-0.2, 0) is 5.60 Å². The summed E-state index contributed by atoms with van der Waals surface area (Å²) in [6.45, 7) is 9.91. The van der Waals surface area contributed by atoms with E-state index in [0.29, 0.717) is 11.6 Å². The highest BCUT2D eigenvalue weighted by atomic mass is 35.5. The first-order valence-corrected chi connectivity index (χ1v) is 10.9. The minimum absolute atomic E-state index is 0.639. The fourth-order valence-corrected chi connectivity index (χ4v) is 3.74. The van der Waals surface area contributed by atoms with Crippen molar-refractivity contribution in [3.63, 3.8) is 0 Å². The number of hydrogen-bond acceptors (Lipinski definition) is 3. The molecule has 0 aliphatic rings. The van der Waals surface area contributed by atoms with Crippen molar-refractivity contribution in [2.45, 2.75) is 26.4 Å². The van der Waals surface area contributed by atoms with Crippen molar-refractivity contribution in [3.8, 4) is 5.75 Å². The maximum Gasteiger partial charge on any atom is 0.140 e. The normalized spacial score (nSPS) is 13.3. The van der Waals surface area contributed by atoms with Gasteiger partial charge in [-0.25, -0.2) is 0 Å². The summed E-state index contributed by atoms with van der Waals surface area (Å²) in [5.41, 5.74) is 2.23. The number of hydrogen-bond donors (Lipinski definition) is 1. The quantitative estimate of drug-likeness (QED) is 0.451. The average molecular weight is 424 g/mol. The Kier molecular flexibility index (Phi) is 7.54. The van der Waals surface area contributed by atoms with Gasteiger partial charge in [0.1, 0.15) is 18.0 Å². The molecule has 0 spiro atoms. The maximum atomic E-state index is 11.9. The van der Waals surface area contributed by atoms with Crippen molar-refractivity contribution >= 4 is 11.6 Å². The molecule has 0 fully saturated rings. The van der Waals surface area contributed by atoms with E-state index in [0.717, 1.165) is 47.6 Å². The van der Waals surface area contributed by atoms with Gasteiger partial charge >= 0.3 is 0 Å². The van der Waals surface area contributed by atoms with E-state index in [-0.39, 0.29) is 0 Å². The van der Waals surface area contributed by atoms with Crippen molar-refractivity contribution in [3.05, 3.63) is 100 Å². The molecule has 4 heteroatoms. The number of likely N-dealkylation sites (N-methyl/N-ethyl adjacent to an activating group) is 1. The lowest BCUT2D eigenvalue weighted by molar-refractivity contribution is 0.125. The summed E-state index contributed by atoms with van der Waals surface area (Å²) in [6, 6.07) is 23.0. The number of aryl methyl sites for hydroxylation is 1. The minimum Gasteiger partial charge on any atom is -0.492 e. The highest BCUT2D eigenvalue weighted by Crippen LogP contribution is 2.37. The zero-order valence-electron chi connectivity index (χ0n) is 17.9.